The number of rotatable bonds is 2. The van der Waals surface area contributed by atoms with Gasteiger partial charge in [0.25, 0.3) is 0 Å². The number of hydrogen-bond donors (Lipinski definition) is 1. The van der Waals surface area contributed by atoms with Crippen LogP contribution >= 0.6 is 11.3 Å². The van der Waals surface area contributed by atoms with E-state index in [-0.39, 0.29) is 0 Å². The fraction of sp³-hybridized carbons (Fsp3) is 0.786. The van der Waals surface area contributed by atoms with Crippen molar-refractivity contribution in [3.05, 3.63) is 16.1 Å². The van der Waals surface area contributed by atoms with Gasteiger partial charge in [-0.3, -0.25) is 0 Å². The van der Waals surface area contributed by atoms with E-state index in [0.29, 0.717) is 6.04 Å². The van der Waals surface area contributed by atoms with Crippen molar-refractivity contribution in [2.45, 2.75) is 57.4 Å². The molecule has 17 heavy (non-hydrogen) atoms. The summed E-state index contributed by atoms with van der Waals surface area (Å²) in [6, 6.07) is 0.544. The summed E-state index contributed by atoms with van der Waals surface area (Å²) in [6.45, 7) is 3.55. The van der Waals surface area contributed by atoms with Crippen LogP contribution in [0, 0.1) is 5.92 Å². The van der Waals surface area contributed by atoms with E-state index in [1.54, 1.807) is 0 Å². The van der Waals surface area contributed by atoms with Crippen LogP contribution in [-0.4, -0.2) is 11.5 Å². The van der Waals surface area contributed by atoms with Crippen molar-refractivity contribution in [3.8, 4) is 0 Å². The minimum atomic E-state index is 0.544. The minimum Gasteiger partial charge on any atom is -0.309 e. The van der Waals surface area contributed by atoms with E-state index < -0.39 is 0 Å². The van der Waals surface area contributed by atoms with Crippen molar-refractivity contribution in [1.29, 1.82) is 0 Å². The fourth-order valence-electron chi connectivity index (χ4n) is 3.09. The molecule has 2 fully saturated rings. The molecule has 1 saturated heterocycles. The summed E-state index contributed by atoms with van der Waals surface area (Å²) in [7, 11) is 0. The van der Waals surface area contributed by atoms with Gasteiger partial charge in [-0.05, 0) is 38.1 Å². The zero-order valence-electron chi connectivity index (χ0n) is 10.6. The molecule has 1 aliphatic carbocycles. The van der Waals surface area contributed by atoms with Crippen molar-refractivity contribution in [3.63, 3.8) is 0 Å². The van der Waals surface area contributed by atoms with Crippen LogP contribution in [0.2, 0.25) is 0 Å². The third-order valence-corrected chi connectivity index (χ3v) is 5.35. The number of thiazole rings is 1. The van der Waals surface area contributed by atoms with Gasteiger partial charge in [0.05, 0.1) is 16.7 Å². The number of nitrogens with one attached hydrogen (secondary N) is 1. The van der Waals surface area contributed by atoms with Gasteiger partial charge in [0.1, 0.15) is 0 Å². The van der Waals surface area contributed by atoms with Gasteiger partial charge >= 0.3 is 0 Å². The molecule has 1 N–H and O–H groups in total. The van der Waals surface area contributed by atoms with Crippen LogP contribution in [0.4, 0.5) is 0 Å². The van der Waals surface area contributed by atoms with Crippen molar-refractivity contribution >= 4 is 11.3 Å². The van der Waals surface area contributed by atoms with Crippen LogP contribution in [0.3, 0.4) is 0 Å². The standard InChI is InChI=1S/C14H22N2S/c1-10-4-6-11(7-5-10)14-16-13(9-17-14)12-3-2-8-15-12/h9-12,15H,2-8H2,1H3. The largest absolute Gasteiger partial charge is 0.309 e. The first kappa shape index (κ1) is 11.7. The van der Waals surface area contributed by atoms with E-state index >= 15 is 0 Å². The maximum absolute atomic E-state index is 4.90. The first-order valence-electron chi connectivity index (χ1n) is 7.01. The fourth-order valence-corrected chi connectivity index (χ4v) is 4.14. The Hall–Kier alpha value is -0.410. The summed E-state index contributed by atoms with van der Waals surface area (Å²) >= 11 is 1.89. The van der Waals surface area contributed by atoms with E-state index in [2.05, 4.69) is 17.6 Å². The highest BCUT2D eigenvalue weighted by molar-refractivity contribution is 7.09. The average Bonchev–Trinajstić information content (AvgIpc) is 3.00. The van der Waals surface area contributed by atoms with E-state index in [4.69, 9.17) is 4.98 Å². The second kappa shape index (κ2) is 5.07. The molecule has 1 aliphatic heterocycles. The number of aromatic nitrogens is 1. The van der Waals surface area contributed by atoms with Crippen LogP contribution < -0.4 is 5.32 Å². The molecular weight excluding hydrogens is 228 g/mol. The summed E-state index contributed by atoms with van der Waals surface area (Å²) in [6.07, 6.45) is 8.06. The molecular formula is C14H22N2S. The summed E-state index contributed by atoms with van der Waals surface area (Å²) in [4.78, 5) is 4.90. The Morgan fingerprint density at radius 2 is 2.06 bits per heavy atom. The van der Waals surface area contributed by atoms with Gasteiger partial charge in [-0.25, -0.2) is 4.98 Å². The van der Waals surface area contributed by atoms with Crippen LogP contribution in [0.25, 0.3) is 0 Å². The van der Waals surface area contributed by atoms with Crippen LogP contribution in [0.15, 0.2) is 5.38 Å². The monoisotopic (exact) mass is 250 g/mol. The molecule has 3 rings (SSSR count). The summed E-state index contributed by atoms with van der Waals surface area (Å²) in [5.74, 6) is 1.69. The lowest BCUT2D eigenvalue weighted by Crippen LogP contribution is -2.14. The second-order valence-corrected chi connectivity index (χ2v) is 6.61. The second-order valence-electron chi connectivity index (χ2n) is 5.72. The van der Waals surface area contributed by atoms with Crippen LogP contribution in [0.1, 0.15) is 68.1 Å². The van der Waals surface area contributed by atoms with Crippen molar-refractivity contribution in [2.24, 2.45) is 5.92 Å². The Balaban J connectivity index is 1.67. The molecule has 0 spiro atoms. The molecule has 1 aromatic heterocycles. The Kier molecular flexibility index (Phi) is 3.48. The molecule has 1 aromatic rings. The van der Waals surface area contributed by atoms with Gasteiger partial charge in [-0.2, -0.15) is 0 Å². The molecule has 0 amide bonds. The summed E-state index contributed by atoms with van der Waals surface area (Å²) in [5.41, 5.74) is 1.31. The molecule has 0 bridgehead atoms. The highest BCUT2D eigenvalue weighted by Gasteiger charge is 2.24. The molecule has 2 nitrogen and oxygen atoms in total. The summed E-state index contributed by atoms with van der Waals surface area (Å²) < 4.78 is 0. The zero-order chi connectivity index (χ0) is 11.7. The third-order valence-electron chi connectivity index (χ3n) is 4.32. The molecule has 3 heteroatoms. The quantitative estimate of drug-likeness (QED) is 0.862. The lowest BCUT2D eigenvalue weighted by Gasteiger charge is -2.24. The molecule has 0 aromatic carbocycles. The first-order chi connectivity index (χ1) is 8.33. The Bertz CT molecular complexity index is 360. The highest BCUT2D eigenvalue weighted by Crippen LogP contribution is 2.37. The highest BCUT2D eigenvalue weighted by atomic mass is 32.1. The van der Waals surface area contributed by atoms with Crippen molar-refractivity contribution in [2.75, 3.05) is 6.54 Å². The minimum absolute atomic E-state index is 0.544. The molecule has 2 heterocycles. The number of nitrogens with zero attached hydrogens (tertiary/aromatic N) is 1. The number of hydrogen-bond acceptors (Lipinski definition) is 3. The van der Waals surface area contributed by atoms with Gasteiger partial charge in [0, 0.05) is 11.3 Å². The van der Waals surface area contributed by atoms with Gasteiger partial charge in [0.2, 0.25) is 0 Å². The van der Waals surface area contributed by atoms with E-state index in [0.717, 1.165) is 11.8 Å². The van der Waals surface area contributed by atoms with E-state index in [1.165, 1.54) is 55.8 Å². The van der Waals surface area contributed by atoms with E-state index in [9.17, 15) is 0 Å². The average molecular weight is 250 g/mol. The topological polar surface area (TPSA) is 24.9 Å². The lowest BCUT2D eigenvalue weighted by atomic mass is 9.83. The smallest absolute Gasteiger partial charge is 0.0959 e. The van der Waals surface area contributed by atoms with Gasteiger partial charge < -0.3 is 5.32 Å². The third kappa shape index (κ3) is 2.55. The maximum atomic E-state index is 4.90. The van der Waals surface area contributed by atoms with E-state index in [1.807, 2.05) is 11.3 Å². The van der Waals surface area contributed by atoms with Gasteiger partial charge in [-0.15, -0.1) is 11.3 Å². The Morgan fingerprint density at radius 1 is 1.24 bits per heavy atom. The van der Waals surface area contributed by atoms with Gasteiger partial charge in [-0.1, -0.05) is 19.8 Å². The predicted octanol–water partition coefficient (Wildman–Crippen LogP) is 3.86. The SMILES string of the molecule is CC1CCC(c2nc(C3CCCN3)cs2)CC1. The predicted molar refractivity (Wildman–Crippen MR) is 72.5 cm³/mol. The first-order valence-corrected chi connectivity index (χ1v) is 7.89. The lowest BCUT2D eigenvalue weighted by molar-refractivity contribution is 0.347. The van der Waals surface area contributed by atoms with Crippen molar-refractivity contribution < 1.29 is 0 Å². The van der Waals surface area contributed by atoms with Crippen LogP contribution in [-0.2, 0) is 0 Å². The molecule has 1 atom stereocenters. The molecule has 2 aliphatic rings. The molecule has 1 saturated carbocycles. The zero-order valence-corrected chi connectivity index (χ0v) is 11.4. The summed E-state index contributed by atoms with van der Waals surface area (Å²) in [5, 5.41) is 7.23. The molecule has 1 unspecified atom stereocenters. The van der Waals surface area contributed by atoms with Crippen molar-refractivity contribution in [1.82, 2.24) is 10.3 Å². The molecule has 94 valence electrons. The van der Waals surface area contributed by atoms with Crippen LogP contribution in [0.5, 0.6) is 0 Å². The Labute approximate surface area is 108 Å². The Morgan fingerprint density at radius 3 is 2.76 bits per heavy atom. The van der Waals surface area contributed by atoms with Gasteiger partial charge in [0.15, 0.2) is 0 Å². The molecule has 0 radical (unpaired) electrons. The normalized spacial score (nSPS) is 34.1. The maximum Gasteiger partial charge on any atom is 0.0959 e.